The molecule has 0 N–H and O–H groups in total. The highest BCUT2D eigenvalue weighted by atomic mass is 16.1. The Morgan fingerprint density at radius 2 is 2.50 bits per heavy atom. The number of hydrogen-bond acceptors (Lipinski definition) is 3. The minimum Gasteiger partial charge on any atom is -0.299 e. The van der Waals surface area contributed by atoms with Crippen molar-refractivity contribution in [3.05, 3.63) is 29.6 Å². The quantitative estimate of drug-likeness (QED) is 0.665. The predicted molar refractivity (Wildman–Crippen MR) is 54.2 cm³/mol. The van der Waals surface area contributed by atoms with Crippen LogP contribution < -0.4 is 0 Å². The lowest BCUT2D eigenvalue weighted by atomic mass is 10.0. The maximum absolute atomic E-state index is 10.8. The fourth-order valence-electron chi connectivity index (χ4n) is 2.11. The molecule has 0 aromatic carbocycles. The molecule has 0 saturated carbocycles. The van der Waals surface area contributed by atoms with Crippen LogP contribution in [0.25, 0.3) is 0 Å². The second kappa shape index (κ2) is 3.88. The van der Waals surface area contributed by atoms with Crippen LogP contribution in [0.15, 0.2) is 18.3 Å². The number of hydrogen-bond donors (Lipinski definition) is 0. The van der Waals surface area contributed by atoms with Crippen molar-refractivity contribution in [1.29, 1.82) is 0 Å². The van der Waals surface area contributed by atoms with E-state index >= 15 is 0 Å². The summed E-state index contributed by atoms with van der Waals surface area (Å²) in [5, 5.41) is 0. The molecule has 1 fully saturated rings. The normalized spacial score (nSPS) is 22.5. The van der Waals surface area contributed by atoms with E-state index in [2.05, 4.69) is 16.9 Å². The average molecular weight is 190 g/mol. The molecule has 1 aromatic heterocycles. The van der Waals surface area contributed by atoms with Crippen molar-refractivity contribution in [2.75, 3.05) is 13.6 Å². The van der Waals surface area contributed by atoms with Crippen LogP contribution in [0, 0.1) is 0 Å². The van der Waals surface area contributed by atoms with Crippen LogP contribution in [0.3, 0.4) is 0 Å². The van der Waals surface area contributed by atoms with Gasteiger partial charge in [0, 0.05) is 12.2 Å². The highest BCUT2D eigenvalue weighted by molar-refractivity contribution is 5.74. The number of carbonyl (C=O) groups excluding carboxylic acids is 1. The Morgan fingerprint density at radius 1 is 1.64 bits per heavy atom. The van der Waals surface area contributed by atoms with Gasteiger partial charge in [-0.2, -0.15) is 0 Å². The van der Waals surface area contributed by atoms with Crippen LogP contribution in [-0.4, -0.2) is 29.8 Å². The van der Waals surface area contributed by atoms with E-state index in [1.54, 1.807) is 6.20 Å². The third kappa shape index (κ3) is 1.55. The Kier molecular flexibility index (Phi) is 2.59. The Bertz CT molecular complexity index is 338. The predicted octanol–water partition coefficient (Wildman–Crippen LogP) is 1.66. The minimum absolute atomic E-state index is 0.379. The summed E-state index contributed by atoms with van der Waals surface area (Å²) in [4.78, 5) is 17.2. The Labute approximate surface area is 83.8 Å². The van der Waals surface area contributed by atoms with Crippen molar-refractivity contribution in [2.24, 2.45) is 0 Å². The molecule has 14 heavy (non-hydrogen) atoms. The first-order chi connectivity index (χ1) is 6.83. The number of carbonyl (C=O) groups is 1. The summed E-state index contributed by atoms with van der Waals surface area (Å²) in [5.74, 6) is 0. The highest BCUT2D eigenvalue weighted by Gasteiger charge is 2.24. The van der Waals surface area contributed by atoms with Gasteiger partial charge < -0.3 is 0 Å². The summed E-state index contributed by atoms with van der Waals surface area (Å²) in [7, 11) is 2.10. The number of aromatic nitrogens is 1. The van der Waals surface area contributed by atoms with Gasteiger partial charge >= 0.3 is 0 Å². The summed E-state index contributed by atoms with van der Waals surface area (Å²) in [6.07, 6.45) is 4.85. The van der Waals surface area contributed by atoms with Crippen molar-refractivity contribution in [3.8, 4) is 0 Å². The average Bonchev–Trinajstić information content (AvgIpc) is 2.64. The monoisotopic (exact) mass is 190 g/mol. The molecule has 1 atom stereocenters. The Morgan fingerprint density at radius 3 is 3.14 bits per heavy atom. The molecule has 1 aliphatic heterocycles. The molecule has 74 valence electrons. The molecule has 2 rings (SSSR count). The molecule has 1 unspecified atom stereocenters. The number of likely N-dealkylation sites (tertiary alicyclic amines) is 1. The highest BCUT2D eigenvalue weighted by Crippen LogP contribution is 2.30. The van der Waals surface area contributed by atoms with Gasteiger partial charge in [0.1, 0.15) is 5.69 Å². The van der Waals surface area contributed by atoms with Crippen LogP contribution in [0.2, 0.25) is 0 Å². The number of rotatable bonds is 2. The molecule has 1 aromatic rings. The van der Waals surface area contributed by atoms with Gasteiger partial charge in [0.2, 0.25) is 0 Å². The largest absolute Gasteiger partial charge is 0.299 e. The summed E-state index contributed by atoms with van der Waals surface area (Å²) in [5.41, 5.74) is 1.66. The van der Waals surface area contributed by atoms with Crippen molar-refractivity contribution >= 4 is 6.29 Å². The van der Waals surface area contributed by atoms with Crippen molar-refractivity contribution in [1.82, 2.24) is 9.88 Å². The molecule has 2 heterocycles. The van der Waals surface area contributed by atoms with E-state index in [-0.39, 0.29) is 0 Å². The SMILES string of the molecule is CN1CCCC1c1cccnc1C=O. The summed E-state index contributed by atoms with van der Waals surface area (Å²) < 4.78 is 0. The van der Waals surface area contributed by atoms with Gasteiger partial charge in [-0.15, -0.1) is 0 Å². The van der Waals surface area contributed by atoms with Gasteiger partial charge in [-0.1, -0.05) is 6.07 Å². The van der Waals surface area contributed by atoms with Crippen molar-refractivity contribution in [3.63, 3.8) is 0 Å². The second-order valence-corrected chi connectivity index (χ2v) is 3.73. The van der Waals surface area contributed by atoms with Crippen LogP contribution >= 0.6 is 0 Å². The van der Waals surface area contributed by atoms with Crippen LogP contribution in [0.1, 0.15) is 34.9 Å². The Hall–Kier alpha value is -1.22. The van der Waals surface area contributed by atoms with E-state index < -0.39 is 0 Å². The fourth-order valence-corrected chi connectivity index (χ4v) is 2.11. The Balaban J connectivity index is 2.34. The van der Waals surface area contributed by atoms with Gasteiger partial charge in [-0.25, -0.2) is 0 Å². The van der Waals surface area contributed by atoms with E-state index in [1.807, 2.05) is 12.1 Å². The minimum atomic E-state index is 0.379. The topological polar surface area (TPSA) is 33.2 Å². The second-order valence-electron chi connectivity index (χ2n) is 3.73. The standard InChI is InChI=1S/C11H14N2O/c1-13-7-3-5-11(13)9-4-2-6-12-10(9)8-14/h2,4,6,8,11H,3,5,7H2,1H3. The van der Waals surface area contributed by atoms with Gasteiger partial charge in [0.05, 0.1) is 0 Å². The molecular weight excluding hydrogens is 176 g/mol. The fraction of sp³-hybridized carbons (Fsp3) is 0.455. The first-order valence-electron chi connectivity index (χ1n) is 4.93. The lowest BCUT2D eigenvalue weighted by Crippen LogP contribution is -2.19. The zero-order chi connectivity index (χ0) is 9.97. The lowest BCUT2D eigenvalue weighted by molar-refractivity contribution is 0.111. The van der Waals surface area contributed by atoms with Gasteiger partial charge in [0.15, 0.2) is 6.29 Å². The number of pyridine rings is 1. The molecule has 0 radical (unpaired) electrons. The van der Waals surface area contributed by atoms with Gasteiger partial charge in [-0.05, 0) is 38.1 Å². The van der Waals surface area contributed by atoms with Crippen LogP contribution in [0.5, 0.6) is 0 Å². The third-order valence-electron chi connectivity index (χ3n) is 2.86. The van der Waals surface area contributed by atoms with Crippen molar-refractivity contribution in [2.45, 2.75) is 18.9 Å². The van der Waals surface area contributed by atoms with Gasteiger partial charge in [-0.3, -0.25) is 14.7 Å². The zero-order valence-electron chi connectivity index (χ0n) is 8.31. The molecule has 0 aliphatic carbocycles. The van der Waals surface area contributed by atoms with Crippen LogP contribution in [-0.2, 0) is 0 Å². The molecule has 0 bridgehead atoms. The summed E-state index contributed by atoms with van der Waals surface area (Å²) in [6.45, 7) is 1.11. The molecule has 3 nitrogen and oxygen atoms in total. The molecule has 0 amide bonds. The maximum atomic E-state index is 10.8. The molecular formula is C11H14N2O. The molecule has 1 saturated heterocycles. The number of aldehydes is 1. The summed E-state index contributed by atoms with van der Waals surface area (Å²) >= 11 is 0. The lowest BCUT2D eigenvalue weighted by Gasteiger charge is -2.20. The zero-order valence-corrected chi connectivity index (χ0v) is 8.31. The molecule has 0 spiro atoms. The summed E-state index contributed by atoms with van der Waals surface area (Å²) in [6, 6.07) is 4.28. The van der Waals surface area contributed by atoms with E-state index in [9.17, 15) is 4.79 Å². The van der Waals surface area contributed by atoms with Gasteiger partial charge in [0.25, 0.3) is 0 Å². The maximum Gasteiger partial charge on any atom is 0.168 e. The van der Waals surface area contributed by atoms with E-state index in [4.69, 9.17) is 0 Å². The molecule has 1 aliphatic rings. The first kappa shape index (κ1) is 9.34. The van der Waals surface area contributed by atoms with Crippen molar-refractivity contribution < 1.29 is 4.79 Å². The number of nitrogens with zero attached hydrogens (tertiary/aromatic N) is 2. The van der Waals surface area contributed by atoms with E-state index in [1.165, 1.54) is 6.42 Å². The molecule has 3 heteroatoms. The third-order valence-corrected chi connectivity index (χ3v) is 2.86. The first-order valence-corrected chi connectivity index (χ1v) is 4.93. The smallest absolute Gasteiger partial charge is 0.168 e. The van der Waals surface area contributed by atoms with Crippen LogP contribution in [0.4, 0.5) is 0 Å². The van der Waals surface area contributed by atoms with E-state index in [0.29, 0.717) is 11.7 Å². The van der Waals surface area contributed by atoms with E-state index in [0.717, 1.165) is 24.8 Å².